The summed E-state index contributed by atoms with van der Waals surface area (Å²) in [5.41, 5.74) is 8.75. The highest BCUT2D eigenvalue weighted by molar-refractivity contribution is 7.16. The number of fused-ring (bicyclic) bond motifs is 1. The van der Waals surface area contributed by atoms with Gasteiger partial charge in [-0.3, -0.25) is 4.79 Å². The molecule has 0 spiro atoms. The molecule has 0 fully saturated rings. The molecule has 0 saturated carbocycles. The van der Waals surface area contributed by atoms with Crippen molar-refractivity contribution in [1.82, 2.24) is 10.3 Å². The van der Waals surface area contributed by atoms with Gasteiger partial charge in [0.25, 0.3) is 5.91 Å². The highest BCUT2D eigenvalue weighted by Gasteiger charge is 2.28. The number of amides is 1. The molecule has 0 aliphatic carbocycles. The lowest BCUT2D eigenvalue weighted by atomic mass is 9.88. The van der Waals surface area contributed by atoms with Gasteiger partial charge in [0, 0.05) is 12.1 Å². The summed E-state index contributed by atoms with van der Waals surface area (Å²) in [6.07, 6.45) is 0. The average Bonchev–Trinajstić information content (AvgIpc) is 2.85. The molecule has 3 N–H and O–H groups in total. The van der Waals surface area contributed by atoms with Gasteiger partial charge in [0.05, 0.1) is 21.3 Å². The number of carbonyl (C=O) groups is 1. The molecule has 102 valence electrons. The first-order chi connectivity index (χ1) is 8.96. The number of rotatable bonds is 4. The molecule has 1 aromatic carbocycles. The van der Waals surface area contributed by atoms with Crippen molar-refractivity contribution >= 4 is 27.5 Å². The van der Waals surface area contributed by atoms with E-state index >= 15 is 0 Å². The van der Waals surface area contributed by atoms with Crippen LogP contribution in [0.25, 0.3) is 10.2 Å². The van der Waals surface area contributed by atoms with E-state index in [0.717, 1.165) is 10.2 Å². The number of nitrogens with zero attached hydrogens (tertiary/aromatic N) is 1. The fraction of sp³-hybridized carbons (Fsp3) is 0.429. The van der Waals surface area contributed by atoms with E-state index in [0.29, 0.717) is 12.1 Å². The average molecular weight is 277 g/mol. The van der Waals surface area contributed by atoms with Gasteiger partial charge < -0.3 is 11.1 Å². The second-order valence-corrected chi connectivity index (χ2v) is 6.15. The van der Waals surface area contributed by atoms with Gasteiger partial charge in [-0.1, -0.05) is 13.8 Å². The van der Waals surface area contributed by atoms with Crippen molar-refractivity contribution in [1.29, 1.82) is 0 Å². The smallest absolute Gasteiger partial charge is 0.251 e. The molecule has 0 bridgehead atoms. The molecule has 0 aliphatic rings. The van der Waals surface area contributed by atoms with Crippen LogP contribution in [0.15, 0.2) is 23.7 Å². The topological polar surface area (TPSA) is 68.0 Å². The summed E-state index contributed by atoms with van der Waals surface area (Å²) in [7, 11) is 0. The maximum Gasteiger partial charge on any atom is 0.251 e. The fourth-order valence-electron chi connectivity index (χ4n) is 1.76. The van der Waals surface area contributed by atoms with Crippen LogP contribution in [0.2, 0.25) is 0 Å². The van der Waals surface area contributed by atoms with E-state index in [2.05, 4.69) is 24.1 Å². The summed E-state index contributed by atoms with van der Waals surface area (Å²) in [4.78, 5) is 16.5. The van der Waals surface area contributed by atoms with Crippen LogP contribution in [-0.2, 0) is 0 Å². The second kappa shape index (κ2) is 5.27. The van der Waals surface area contributed by atoms with Crippen molar-refractivity contribution in [2.45, 2.75) is 26.3 Å². The lowest BCUT2D eigenvalue weighted by Crippen LogP contribution is -2.55. The normalized spacial score (nSPS) is 14.6. The van der Waals surface area contributed by atoms with E-state index in [1.165, 1.54) is 11.3 Å². The number of nitrogens with two attached hydrogens (primary N) is 1. The Morgan fingerprint density at radius 3 is 2.89 bits per heavy atom. The largest absolute Gasteiger partial charge is 0.345 e. The lowest BCUT2D eigenvalue weighted by molar-refractivity contribution is 0.0883. The van der Waals surface area contributed by atoms with E-state index < -0.39 is 0 Å². The van der Waals surface area contributed by atoms with Crippen molar-refractivity contribution < 1.29 is 4.79 Å². The molecule has 0 aliphatic heterocycles. The number of hydrogen-bond acceptors (Lipinski definition) is 4. The molecule has 0 saturated heterocycles. The summed E-state index contributed by atoms with van der Waals surface area (Å²) in [5, 5.41) is 3.04. The Hall–Kier alpha value is -1.46. The molecule has 1 heterocycles. The van der Waals surface area contributed by atoms with Gasteiger partial charge in [-0.15, -0.1) is 11.3 Å². The number of benzene rings is 1. The Morgan fingerprint density at radius 1 is 1.53 bits per heavy atom. The standard InChI is InChI=1S/C14H19N3OS/c1-9(2)14(3,7-15)17-13(18)10-4-5-11-12(6-10)19-8-16-11/h4-6,8-9H,7,15H2,1-3H3,(H,17,18). The summed E-state index contributed by atoms with van der Waals surface area (Å²) in [6, 6.07) is 5.55. The molecule has 5 heteroatoms. The van der Waals surface area contributed by atoms with Gasteiger partial charge in [-0.2, -0.15) is 0 Å². The van der Waals surface area contributed by atoms with Crippen LogP contribution in [0.4, 0.5) is 0 Å². The third-order valence-electron chi connectivity index (χ3n) is 3.69. The van der Waals surface area contributed by atoms with Gasteiger partial charge in [-0.25, -0.2) is 4.98 Å². The first kappa shape index (κ1) is 14.0. The number of carbonyl (C=O) groups excluding carboxylic acids is 1. The third-order valence-corrected chi connectivity index (χ3v) is 4.48. The van der Waals surface area contributed by atoms with E-state index in [-0.39, 0.29) is 17.4 Å². The number of hydrogen-bond donors (Lipinski definition) is 2. The van der Waals surface area contributed by atoms with Crippen LogP contribution >= 0.6 is 11.3 Å². The van der Waals surface area contributed by atoms with Crippen LogP contribution < -0.4 is 11.1 Å². The maximum atomic E-state index is 12.3. The minimum Gasteiger partial charge on any atom is -0.345 e. The zero-order valence-electron chi connectivity index (χ0n) is 11.4. The van der Waals surface area contributed by atoms with Gasteiger partial charge in [0.2, 0.25) is 0 Å². The molecule has 4 nitrogen and oxygen atoms in total. The molecule has 1 aromatic heterocycles. The Morgan fingerprint density at radius 2 is 2.26 bits per heavy atom. The SMILES string of the molecule is CC(C)C(C)(CN)NC(=O)c1ccc2ncsc2c1. The van der Waals surface area contributed by atoms with Gasteiger partial charge >= 0.3 is 0 Å². The number of aromatic nitrogens is 1. The lowest BCUT2D eigenvalue weighted by Gasteiger charge is -2.33. The number of nitrogens with one attached hydrogen (secondary N) is 1. The number of thiazole rings is 1. The summed E-state index contributed by atoms with van der Waals surface area (Å²) >= 11 is 1.53. The summed E-state index contributed by atoms with van der Waals surface area (Å²) < 4.78 is 1.02. The Kier molecular flexibility index (Phi) is 3.87. The monoisotopic (exact) mass is 277 g/mol. The predicted molar refractivity (Wildman–Crippen MR) is 79.4 cm³/mol. The van der Waals surface area contributed by atoms with Crippen LogP contribution in [-0.4, -0.2) is 23.0 Å². The Bertz CT molecular complexity index is 593. The molecule has 1 unspecified atom stereocenters. The van der Waals surface area contributed by atoms with Crippen LogP contribution in [0.3, 0.4) is 0 Å². The van der Waals surface area contributed by atoms with E-state index in [4.69, 9.17) is 5.73 Å². The van der Waals surface area contributed by atoms with E-state index in [1.54, 1.807) is 11.6 Å². The zero-order chi connectivity index (χ0) is 14.0. The molecular formula is C14H19N3OS. The third kappa shape index (κ3) is 2.77. The maximum absolute atomic E-state index is 12.3. The van der Waals surface area contributed by atoms with Crippen molar-refractivity contribution in [2.75, 3.05) is 6.54 Å². The first-order valence-electron chi connectivity index (χ1n) is 6.32. The Labute approximate surface area is 117 Å². The first-order valence-corrected chi connectivity index (χ1v) is 7.20. The van der Waals surface area contributed by atoms with E-state index in [9.17, 15) is 4.79 Å². The predicted octanol–water partition coefficient (Wildman–Crippen LogP) is 2.40. The minimum atomic E-state index is -0.389. The molecule has 2 aromatic rings. The highest BCUT2D eigenvalue weighted by Crippen LogP contribution is 2.20. The van der Waals surface area contributed by atoms with Crippen LogP contribution in [0.1, 0.15) is 31.1 Å². The molecular weight excluding hydrogens is 258 g/mol. The van der Waals surface area contributed by atoms with E-state index in [1.807, 2.05) is 19.1 Å². The van der Waals surface area contributed by atoms with Crippen molar-refractivity contribution in [3.8, 4) is 0 Å². The quantitative estimate of drug-likeness (QED) is 0.901. The van der Waals surface area contributed by atoms with Gasteiger partial charge in [-0.05, 0) is 31.0 Å². The summed E-state index contributed by atoms with van der Waals surface area (Å²) in [5.74, 6) is 0.186. The highest BCUT2D eigenvalue weighted by atomic mass is 32.1. The Balaban J connectivity index is 2.23. The fourth-order valence-corrected chi connectivity index (χ4v) is 2.48. The minimum absolute atomic E-state index is 0.0862. The summed E-state index contributed by atoms with van der Waals surface area (Å²) in [6.45, 7) is 6.50. The molecule has 19 heavy (non-hydrogen) atoms. The molecule has 1 atom stereocenters. The van der Waals surface area contributed by atoms with Gasteiger partial charge in [0.1, 0.15) is 0 Å². The van der Waals surface area contributed by atoms with Crippen molar-refractivity contribution in [2.24, 2.45) is 11.7 Å². The van der Waals surface area contributed by atoms with Crippen LogP contribution in [0, 0.1) is 5.92 Å². The van der Waals surface area contributed by atoms with Crippen LogP contribution in [0.5, 0.6) is 0 Å². The van der Waals surface area contributed by atoms with Gasteiger partial charge in [0.15, 0.2) is 0 Å². The van der Waals surface area contributed by atoms with Crippen molar-refractivity contribution in [3.05, 3.63) is 29.3 Å². The second-order valence-electron chi connectivity index (χ2n) is 5.27. The molecule has 1 amide bonds. The van der Waals surface area contributed by atoms with Crippen molar-refractivity contribution in [3.63, 3.8) is 0 Å². The molecule has 2 rings (SSSR count). The molecule has 0 radical (unpaired) electrons. The zero-order valence-corrected chi connectivity index (χ0v) is 12.3.